The molecule has 0 saturated heterocycles. The normalized spacial score (nSPS) is 16.1. The molecule has 4 N–H and O–H groups in total. The van der Waals surface area contributed by atoms with Crippen LogP contribution in [0.25, 0.3) is 5.57 Å². The number of nitrogens with one attached hydrogen (secondary N) is 2. The van der Waals surface area contributed by atoms with Crippen LogP contribution in [0.5, 0.6) is 0 Å². The number of benzene rings is 1. The number of hydrogen-bond donors (Lipinski definition) is 3. The molecule has 2 aromatic rings. The predicted octanol–water partition coefficient (Wildman–Crippen LogP) is 3.92. The average Bonchev–Trinajstić information content (AvgIpc) is 3.57. The van der Waals surface area contributed by atoms with E-state index >= 15 is 0 Å². The highest BCUT2D eigenvalue weighted by atomic mass is 16.6. The van der Waals surface area contributed by atoms with Crippen LogP contribution in [0.3, 0.4) is 0 Å². The fourth-order valence-corrected chi connectivity index (χ4v) is 3.47. The Balaban J connectivity index is 1.40. The van der Waals surface area contributed by atoms with Crippen LogP contribution >= 0.6 is 0 Å². The molecule has 33 heavy (non-hydrogen) atoms. The van der Waals surface area contributed by atoms with Crippen molar-refractivity contribution in [1.29, 1.82) is 0 Å². The minimum Gasteiger partial charge on any atom is -0.444 e. The van der Waals surface area contributed by atoms with Crippen molar-refractivity contribution >= 4 is 35.0 Å². The zero-order chi connectivity index (χ0) is 23.6. The molecule has 1 aromatic carbocycles. The van der Waals surface area contributed by atoms with Crippen molar-refractivity contribution in [2.45, 2.75) is 51.7 Å². The molecular formula is C24H30N6O3. The fourth-order valence-electron chi connectivity index (χ4n) is 3.47. The summed E-state index contributed by atoms with van der Waals surface area (Å²) in [5.74, 6) is 0.293. The molecule has 1 aliphatic heterocycles. The summed E-state index contributed by atoms with van der Waals surface area (Å²) in [7, 11) is 0. The molecule has 174 valence electrons. The molecule has 1 aliphatic carbocycles. The number of carbonyl (C=O) groups is 2. The molecule has 9 nitrogen and oxygen atoms in total. The van der Waals surface area contributed by atoms with Crippen molar-refractivity contribution in [3.05, 3.63) is 47.7 Å². The molecule has 2 heterocycles. The van der Waals surface area contributed by atoms with E-state index in [1.807, 2.05) is 45.0 Å². The Hall–Kier alpha value is -3.62. The highest BCUT2D eigenvalue weighted by Crippen LogP contribution is 2.28. The second kappa shape index (κ2) is 9.09. The van der Waals surface area contributed by atoms with Gasteiger partial charge in [0.05, 0.1) is 5.56 Å². The van der Waals surface area contributed by atoms with Gasteiger partial charge in [-0.05, 0) is 63.3 Å². The quantitative estimate of drug-likeness (QED) is 0.610. The Kier molecular flexibility index (Phi) is 6.22. The number of rotatable bonds is 6. The number of nitrogens with zero attached hydrogens (tertiary/aromatic N) is 3. The van der Waals surface area contributed by atoms with Crippen LogP contribution in [0.1, 0.15) is 56.0 Å². The standard InChI is InChI=1S/C24H30N6O3/c1-24(2,3)33-23(32)30-12-10-16(11-13-30)15-4-6-18(7-5-15)28-22-26-14-19(20(25)31)21(29-22)27-17-8-9-17/h4-7,10,14,17H,8-9,11-13H2,1-3H3,(H2,25,31)(H2,26,27,28,29). The lowest BCUT2D eigenvalue weighted by atomic mass is 9.99. The first-order valence-electron chi connectivity index (χ1n) is 11.2. The van der Waals surface area contributed by atoms with Gasteiger partial charge in [-0.15, -0.1) is 0 Å². The van der Waals surface area contributed by atoms with Gasteiger partial charge in [-0.1, -0.05) is 18.2 Å². The van der Waals surface area contributed by atoms with Crippen LogP contribution in [0, 0.1) is 0 Å². The smallest absolute Gasteiger partial charge is 0.410 e. The summed E-state index contributed by atoms with van der Waals surface area (Å²) >= 11 is 0. The van der Waals surface area contributed by atoms with Crippen molar-refractivity contribution in [3.63, 3.8) is 0 Å². The van der Waals surface area contributed by atoms with E-state index in [1.54, 1.807) is 4.90 Å². The Morgan fingerprint density at radius 1 is 1.18 bits per heavy atom. The molecule has 0 atom stereocenters. The van der Waals surface area contributed by atoms with Crippen molar-refractivity contribution in [3.8, 4) is 0 Å². The van der Waals surface area contributed by atoms with Gasteiger partial charge in [-0.2, -0.15) is 4.98 Å². The Labute approximate surface area is 193 Å². The van der Waals surface area contributed by atoms with E-state index in [2.05, 4.69) is 26.7 Å². The summed E-state index contributed by atoms with van der Waals surface area (Å²) in [4.78, 5) is 34.3. The number of nitrogens with two attached hydrogens (primary N) is 1. The molecule has 1 aromatic heterocycles. The highest BCUT2D eigenvalue weighted by molar-refractivity contribution is 5.97. The number of hydrogen-bond acceptors (Lipinski definition) is 7. The Bertz CT molecular complexity index is 1070. The van der Waals surface area contributed by atoms with E-state index < -0.39 is 11.5 Å². The molecule has 4 rings (SSSR count). The van der Waals surface area contributed by atoms with Gasteiger partial charge in [0.15, 0.2) is 0 Å². The molecule has 0 spiro atoms. The van der Waals surface area contributed by atoms with Gasteiger partial charge in [0, 0.05) is 31.0 Å². The Morgan fingerprint density at radius 3 is 2.48 bits per heavy atom. The third kappa shape index (κ3) is 6.00. The van der Waals surface area contributed by atoms with Crippen molar-refractivity contribution in [1.82, 2.24) is 14.9 Å². The van der Waals surface area contributed by atoms with Crippen LogP contribution in [-0.2, 0) is 4.74 Å². The molecule has 9 heteroatoms. The minimum atomic E-state index is -0.556. The Morgan fingerprint density at radius 2 is 1.91 bits per heavy atom. The van der Waals surface area contributed by atoms with Crippen LogP contribution in [-0.4, -0.2) is 51.6 Å². The van der Waals surface area contributed by atoms with Gasteiger partial charge in [0.2, 0.25) is 5.95 Å². The van der Waals surface area contributed by atoms with E-state index in [9.17, 15) is 9.59 Å². The second-order valence-corrected chi connectivity index (χ2v) is 9.35. The number of carbonyl (C=O) groups excluding carboxylic acids is 2. The molecule has 0 unspecified atom stereocenters. The maximum absolute atomic E-state index is 12.2. The third-order valence-corrected chi connectivity index (χ3v) is 5.35. The van der Waals surface area contributed by atoms with E-state index in [4.69, 9.17) is 10.5 Å². The molecule has 0 radical (unpaired) electrons. The number of amides is 2. The SMILES string of the molecule is CC(C)(C)OC(=O)N1CC=C(c2ccc(Nc3ncc(C(N)=O)c(NC4CC4)n3)cc2)CC1. The lowest BCUT2D eigenvalue weighted by Crippen LogP contribution is -2.39. The number of primary amides is 1. The lowest BCUT2D eigenvalue weighted by molar-refractivity contribution is 0.0270. The second-order valence-electron chi connectivity index (χ2n) is 9.35. The third-order valence-electron chi connectivity index (χ3n) is 5.35. The van der Waals surface area contributed by atoms with Gasteiger partial charge in [0.1, 0.15) is 11.4 Å². The molecule has 1 saturated carbocycles. The highest BCUT2D eigenvalue weighted by Gasteiger charge is 2.25. The average molecular weight is 451 g/mol. The number of ether oxygens (including phenoxy) is 1. The van der Waals surface area contributed by atoms with E-state index in [0.717, 1.165) is 30.5 Å². The largest absolute Gasteiger partial charge is 0.444 e. The van der Waals surface area contributed by atoms with E-state index in [1.165, 1.54) is 11.8 Å². The lowest BCUT2D eigenvalue weighted by Gasteiger charge is -2.29. The number of aromatic nitrogens is 2. The monoisotopic (exact) mass is 450 g/mol. The minimum absolute atomic E-state index is 0.282. The van der Waals surface area contributed by atoms with Crippen molar-refractivity contribution in [2.75, 3.05) is 23.7 Å². The zero-order valence-electron chi connectivity index (χ0n) is 19.2. The number of anilines is 3. The van der Waals surface area contributed by atoms with Crippen LogP contribution in [0.4, 0.5) is 22.2 Å². The van der Waals surface area contributed by atoms with Gasteiger partial charge < -0.3 is 26.0 Å². The van der Waals surface area contributed by atoms with Gasteiger partial charge in [0.25, 0.3) is 5.91 Å². The molecule has 2 amide bonds. The zero-order valence-corrected chi connectivity index (χ0v) is 19.2. The summed E-state index contributed by atoms with van der Waals surface area (Å²) in [5, 5.41) is 6.41. The van der Waals surface area contributed by atoms with Crippen LogP contribution in [0.15, 0.2) is 36.5 Å². The van der Waals surface area contributed by atoms with Crippen LogP contribution in [0.2, 0.25) is 0 Å². The topological polar surface area (TPSA) is 122 Å². The fraction of sp³-hybridized carbons (Fsp3) is 0.417. The summed E-state index contributed by atoms with van der Waals surface area (Å²) < 4.78 is 5.45. The first-order valence-corrected chi connectivity index (χ1v) is 11.2. The maximum atomic E-state index is 12.2. The van der Waals surface area contributed by atoms with Gasteiger partial charge >= 0.3 is 6.09 Å². The van der Waals surface area contributed by atoms with E-state index in [0.29, 0.717) is 30.9 Å². The van der Waals surface area contributed by atoms with Gasteiger partial charge in [-0.25, -0.2) is 9.78 Å². The first kappa shape index (κ1) is 22.6. The molecule has 1 fully saturated rings. The van der Waals surface area contributed by atoms with Gasteiger partial charge in [-0.3, -0.25) is 4.79 Å². The van der Waals surface area contributed by atoms with E-state index in [-0.39, 0.29) is 11.7 Å². The summed E-state index contributed by atoms with van der Waals surface area (Å²) in [6.07, 6.45) is 6.10. The van der Waals surface area contributed by atoms with Crippen molar-refractivity contribution in [2.24, 2.45) is 5.73 Å². The molecule has 2 aliphatic rings. The summed E-state index contributed by atoms with van der Waals surface area (Å²) in [6, 6.07) is 8.29. The van der Waals surface area contributed by atoms with Crippen LogP contribution < -0.4 is 16.4 Å². The summed E-state index contributed by atoms with van der Waals surface area (Å²) in [6.45, 7) is 6.76. The van der Waals surface area contributed by atoms with Crippen molar-refractivity contribution < 1.29 is 14.3 Å². The molecular weight excluding hydrogens is 420 g/mol. The molecule has 0 bridgehead atoms. The maximum Gasteiger partial charge on any atom is 0.410 e. The summed E-state index contributed by atoms with van der Waals surface area (Å²) in [5.41, 5.74) is 8.35. The predicted molar refractivity (Wildman–Crippen MR) is 127 cm³/mol. The first-order chi connectivity index (χ1) is 15.7.